The van der Waals surface area contributed by atoms with Gasteiger partial charge in [-0.25, -0.2) is 0 Å². The number of rotatable bonds is 6. The fourth-order valence-electron chi connectivity index (χ4n) is 3.91. The van der Waals surface area contributed by atoms with E-state index in [9.17, 15) is 5.11 Å². The second-order valence-electron chi connectivity index (χ2n) is 7.73. The van der Waals surface area contributed by atoms with Crippen LogP contribution in [0.25, 0.3) is 0 Å². The summed E-state index contributed by atoms with van der Waals surface area (Å²) in [6.45, 7) is 12.1. The lowest BCUT2D eigenvalue weighted by atomic mass is 9.96. The fraction of sp³-hybridized carbons (Fsp3) is 0.700. The van der Waals surface area contributed by atoms with Gasteiger partial charge in [0.15, 0.2) is 0 Å². The van der Waals surface area contributed by atoms with Crippen LogP contribution in [0.3, 0.4) is 0 Å². The molecule has 1 unspecified atom stereocenters. The molecule has 0 spiro atoms. The Kier molecular flexibility index (Phi) is 6.14. The highest BCUT2D eigenvalue weighted by molar-refractivity contribution is 5.57. The Morgan fingerprint density at radius 2 is 1.96 bits per heavy atom. The van der Waals surface area contributed by atoms with Gasteiger partial charge in [-0.05, 0) is 42.4 Å². The average molecular weight is 332 g/mol. The van der Waals surface area contributed by atoms with Gasteiger partial charge in [-0.15, -0.1) is 0 Å². The van der Waals surface area contributed by atoms with Crippen molar-refractivity contribution in [3.05, 3.63) is 29.3 Å². The van der Waals surface area contributed by atoms with Gasteiger partial charge in [0.25, 0.3) is 0 Å². The lowest BCUT2D eigenvalue weighted by molar-refractivity contribution is 0.136. The topological polar surface area (TPSA) is 38.7 Å². The van der Waals surface area contributed by atoms with Gasteiger partial charge in [-0.3, -0.25) is 0 Å². The molecule has 0 radical (unpaired) electrons. The first-order valence-corrected chi connectivity index (χ1v) is 9.62. The van der Waals surface area contributed by atoms with Crippen molar-refractivity contribution in [2.45, 2.75) is 39.2 Å². The molecule has 3 rings (SSSR count). The van der Waals surface area contributed by atoms with Crippen LogP contribution >= 0.6 is 0 Å². The van der Waals surface area contributed by atoms with E-state index in [-0.39, 0.29) is 6.10 Å². The number of hydrogen-bond donors (Lipinski definition) is 2. The molecule has 0 amide bonds. The predicted octanol–water partition coefficient (Wildman–Crippen LogP) is 2.42. The molecule has 0 bridgehead atoms. The normalized spacial score (nSPS) is 20.2. The summed E-state index contributed by atoms with van der Waals surface area (Å²) in [5.41, 5.74) is 3.88. The molecule has 2 aliphatic rings. The van der Waals surface area contributed by atoms with E-state index in [0.29, 0.717) is 5.92 Å². The van der Waals surface area contributed by atoms with Crippen LogP contribution in [0.2, 0.25) is 0 Å². The first-order valence-electron chi connectivity index (χ1n) is 9.62. The van der Waals surface area contributed by atoms with Crippen molar-refractivity contribution >= 4 is 5.69 Å². The number of aliphatic hydroxyl groups excluding tert-OH is 1. The molecule has 1 aromatic rings. The summed E-state index contributed by atoms with van der Waals surface area (Å²) in [6, 6.07) is 6.63. The third kappa shape index (κ3) is 4.50. The van der Waals surface area contributed by atoms with Gasteiger partial charge in [-0.1, -0.05) is 26.0 Å². The molecule has 1 fully saturated rings. The highest BCUT2D eigenvalue weighted by Gasteiger charge is 2.20. The maximum absolute atomic E-state index is 10.7. The number of fused-ring (bicyclic) bond motifs is 1. The van der Waals surface area contributed by atoms with Crippen molar-refractivity contribution in [3.8, 4) is 0 Å². The van der Waals surface area contributed by atoms with Gasteiger partial charge in [0.05, 0.1) is 6.10 Å². The number of piperazine rings is 1. The van der Waals surface area contributed by atoms with E-state index in [1.807, 2.05) is 0 Å². The van der Waals surface area contributed by atoms with Crippen molar-refractivity contribution in [2.75, 3.05) is 50.7 Å². The maximum Gasteiger partial charge on any atom is 0.0803 e. The van der Waals surface area contributed by atoms with Crippen LogP contribution in [0.15, 0.2) is 18.2 Å². The first-order chi connectivity index (χ1) is 11.6. The van der Waals surface area contributed by atoms with Crippen molar-refractivity contribution in [2.24, 2.45) is 5.92 Å². The molecule has 4 nitrogen and oxygen atoms in total. The molecule has 1 saturated heterocycles. The molecule has 0 aliphatic carbocycles. The van der Waals surface area contributed by atoms with Crippen molar-refractivity contribution in [3.63, 3.8) is 0 Å². The van der Waals surface area contributed by atoms with Crippen LogP contribution in [-0.2, 0) is 6.42 Å². The summed E-state index contributed by atoms with van der Waals surface area (Å²) in [5, 5.41) is 14.0. The Morgan fingerprint density at radius 1 is 1.17 bits per heavy atom. The molecule has 24 heavy (non-hydrogen) atoms. The zero-order chi connectivity index (χ0) is 16.9. The summed E-state index contributed by atoms with van der Waals surface area (Å²) in [6.07, 6.45) is 2.88. The van der Waals surface area contributed by atoms with Gasteiger partial charge in [0, 0.05) is 51.5 Å². The molecule has 0 saturated carbocycles. The van der Waals surface area contributed by atoms with E-state index in [4.69, 9.17) is 0 Å². The van der Waals surface area contributed by atoms with Crippen molar-refractivity contribution in [1.82, 2.24) is 10.2 Å². The largest absolute Gasteiger partial charge is 0.388 e. The average Bonchev–Trinajstić information content (AvgIpc) is 2.60. The third-order valence-corrected chi connectivity index (χ3v) is 5.22. The molecule has 0 aromatic heterocycles. The summed E-state index contributed by atoms with van der Waals surface area (Å²) >= 11 is 0. The van der Waals surface area contributed by atoms with Crippen molar-refractivity contribution < 1.29 is 5.11 Å². The predicted molar refractivity (Wildman–Crippen MR) is 101 cm³/mol. The molecule has 1 aromatic carbocycles. The van der Waals surface area contributed by atoms with E-state index in [2.05, 4.69) is 47.2 Å². The Labute approximate surface area is 146 Å². The minimum absolute atomic E-state index is 0.354. The maximum atomic E-state index is 10.7. The fourth-order valence-corrected chi connectivity index (χ4v) is 3.91. The monoisotopic (exact) mass is 331 g/mol. The van der Waals surface area contributed by atoms with Gasteiger partial charge in [0.1, 0.15) is 0 Å². The minimum atomic E-state index is -0.354. The molecule has 2 aliphatic heterocycles. The first kappa shape index (κ1) is 17.7. The Bertz CT molecular complexity index is 526. The van der Waals surface area contributed by atoms with Crippen LogP contribution < -0.4 is 10.2 Å². The summed E-state index contributed by atoms with van der Waals surface area (Å²) in [4.78, 5) is 4.96. The van der Waals surface area contributed by atoms with Crippen molar-refractivity contribution in [1.29, 1.82) is 0 Å². The Morgan fingerprint density at radius 3 is 2.71 bits per heavy atom. The number of aryl methyl sites for hydroxylation is 1. The number of hydrogen-bond acceptors (Lipinski definition) is 4. The van der Waals surface area contributed by atoms with Crippen LogP contribution in [0.5, 0.6) is 0 Å². The van der Waals surface area contributed by atoms with Gasteiger partial charge in [0.2, 0.25) is 0 Å². The van der Waals surface area contributed by atoms with E-state index in [1.165, 1.54) is 24.1 Å². The molecule has 1 atom stereocenters. The van der Waals surface area contributed by atoms with E-state index < -0.39 is 0 Å². The minimum Gasteiger partial charge on any atom is -0.388 e. The number of aliphatic hydroxyl groups is 1. The molecule has 134 valence electrons. The highest BCUT2D eigenvalue weighted by Crippen LogP contribution is 2.31. The molecule has 2 N–H and O–H groups in total. The van der Waals surface area contributed by atoms with Gasteiger partial charge >= 0.3 is 0 Å². The van der Waals surface area contributed by atoms with Gasteiger partial charge in [-0.2, -0.15) is 0 Å². The SMILES string of the molecule is CC(C)CN1CCCc2ccc(C(O)CCN3CCNCC3)cc21. The second-order valence-corrected chi connectivity index (χ2v) is 7.73. The second kappa shape index (κ2) is 8.32. The highest BCUT2D eigenvalue weighted by atomic mass is 16.3. The Balaban J connectivity index is 1.65. The Hall–Kier alpha value is -1.10. The van der Waals surface area contributed by atoms with Crippen LogP contribution in [-0.4, -0.2) is 55.8 Å². The smallest absolute Gasteiger partial charge is 0.0803 e. The quantitative estimate of drug-likeness (QED) is 0.840. The zero-order valence-corrected chi connectivity index (χ0v) is 15.3. The molecule has 2 heterocycles. The number of anilines is 1. The lowest BCUT2D eigenvalue weighted by Gasteiger charge is -2.33. The number of nitrogens with zero attached hydrogens (tertiary/aromatic N) is 2. The molecule has 4 heteroatoms. The number of benzene rings is 1. The summed E-state index contributed by atoms with van der Waals surface area (Å²) < 4.78 is 0. The lowest BCUT2D eigenvalue weighted by Crippen LogP contribution is -2.44. The van der Waals surface area contributed by atoms with Gasteiger partial charge < -0.3 is 20.2 Å². The zero-order valence-electron chi connectivity index (χ0n) is 15.3. The van der Waals surface area contributed by atoms with Crippen LogP contribution in [0.4, 0.5) is 5.69 Å². The molecular weight excluding hydrogens is 298 g/mol. The summed E-state index contributed by atoms with van der Waals surface area (Å²) in [5.74, 6) is 0.664. The van der Waals surface area contributed by atoms with E-state index in [0.717, 1.165) is 57.8 Å². The van der Waals surface area contributed by atoms with E-state index in [1.54, 1.807) is 0 Å². The standard InChI is InChI=1S/C20H33N3O/c1-16(2)15-23-10-3-4-17-5-6-18(14-19(17)23)20(24)7-11-22-12-8-21-9-13-22/h5-6,14,16,20-21,24H,3-4,7-13,15H2,1-2H3. The third-order valence-electron chi connectivity index (χ3n) is 5.22. The summed E-state index contributed by atoms with van der Waals surface area (Å²) in [7, 11) is 0. The van der Waals surface area contributed by atoms with Crippen LogP contribution in [0, 0.1) is 5.92 Å². The van der Waals surface area contributed by atoms with E-state index >= 15 is 0 Å². The number of nitrogens with one attached hydrogen (secondary N) is 1. The molecular formula is C20H33N3O. The van der Waals surface area contributed by atoms with Crippen LogP contribution in [0.1, 0.15) is 43.9 Å².